The number of ether oxygens (including phenoxy) is 1. The van der Waals surface area contributed by atoms with Gasteiger partial charge in [-0.15, -0.1) is 16.9 Å². The molecular formula is C34H38F2N6O3S. The summed E-state index contributed by atoms with van der Waals surface area (Å²) >= 11 is 1.49. The Morgan fingerprint density at radius 3 is 2.83 bits per heavy atom. The molecule has 2 fully saturated rings. The number of aromatic nitrogens is 3. The fourth-order valence-corrected chi connectivity index (χ4v) is 6.91. The summed E-state index contributed by atoms with van der Waals surface area (Å²) in [4.78, 5) is 35.2. The molecule has 3 atom stereocenters. The Labute approximate surface area is 271 Å². The van der Waals surface area contributed by atoms with Crippen LogP contribution in [0.4, 0.5) is 14.6 Å². The number of alkyl halides is 1. The van der Waals surface area contributed by atoms with Crippen molar-refractivity contribution in [1.29, 1.82) is 0 Å². The van der Waals surface area contributed by atoms with E-state index in [2.05, 4.69) is 22.1 Å². The Hall–Kier alpha value is -4.03. The summed E-state index contributed by atoms with van der Waals surface area (Å²) in [7, 11) is 0. The van der Waals surface area contributed by atoms with E-state index in [1.807, 2.05) is 29.4 Å². The van der Waals surface area contributed by atoms with Gasteiger partial charge in [-0.3, -0.25) is 9.69 Å². The number of fused-ring (bicyclic) bond motifs is 1. The topological polar surface area (TPSA) is 92.1 Å². The van der Waals surface area contributed by atoms with Crippen molar-refractivity contribution in [3.8, 4) is 0 Å². The molecule has 1 N–H and O–H groups in total. The van der Waals surface area contributed by atoms with E-state index in [-0.39, 0.29) is 42.4 Å². The highest BCUT2D eigenvalue weighted by atomic mass is 32.2. The lowest BCUT2D eigenvalue weighted by atomic mass is 10.0. The van der Waals surface area contributed by atoms with Crippen LogP contribution in [0.1, 0.15) is 70.6 Å². The number of nitrogens with zero attached hydrogens (tertiary/aromatic N) is 5. The molecule has 2 aromatic carbocycles. The van der Waals surface area contributed by atoms with E-state index in [0.717, 1.165) is 41.8 Å². The van der Waals surface area contributed by atoms with Gasteiger partial charge in [-0.1, -0.05) is 25.5 Å². The average Bonchev–Trinajstić information content (AvgIpc) is 3.79. The molecule has 0 aliphatic carbocycles. The van der Waals surface area contributed by atoms with Crippen molar-refractivity contribution >= 4 is 35.1 Å². The van der Waals surface area contributed by atoms with Crippen LogP contribution in [-0.2, 0) is 11.3 Å². The first-order chi connectivity index (χ1) is 22.3. The van der Waals surface area contributed by atoms with Crippen molar-refractivity contribution in [2.75, 3.05) is 37.4 Å². The zero-order valence-electron chi connectivity index (χ0n) is 26.0. The maximum Gasteiger partial charge on any atom is 0.338 e. The minimum Gasteiger partial charge on any atom is -0.462 e. The van der Waals surface area contributed by atoms with E-state index in [0.29, 0.717) is 36.7 Å². The lowest BCUT2D eigenvalue weighted by molar-refractivity contribution is 0.0499. The number of esters is 1. The second-order valence-corrected chi connectivity index (χ2v) is 12.7. The van der Waals surface area contributed by atoms with Crippen molar-refractivity contribution < 1.29 is 23.1 Å². The molecule has 3 unspecified atom stereocenters. The third kappa shape index (κ3) is 7.02. The highest BCUT2D eigenvalue weighted by Gasteiger charge is 2.36. The molecule has 4 heterocycles. The van der Waals surface area contributed by atoms with Crippen LogP contribution in [0, 0.1) is 5.82 Å². The minimum absolute atomic E-state index is 0.0726. The van der Waals surface area contributed by atoms with Gasteiger partial charge in [-0.05, 0) is 72.7 Å². The molecule has 2 saturated heterocycles. The number of likely N-dealkylation sites (tertiary alicyclic amines) is 1. The zero-order valence-corrected chi connectivity index (χ0v) is 26.8. The fraction of sp³-hybridized carbons (Fsp3) is 0.412. The molecule has 9 nitrogen and oxygen atoms in total. The van der Waals surface area contributed by atoms with Crippen LogP contribution in [0.2, 0.25) is 0 Å². The maximum absolute atomic E-state index is 14.8. The molecule has 12 heteroatoms. The summed E-state index contributed by atoms with van der Waals surface area (Å²) in [6.45, 7) is 4.69. The molecular weight excluding hydrogens is 610 g/mol. The van der Waals surface area contributed by atoms with Crippen LogP contribution in [0.25, 0.3) is 5.65 Å². The summed E-state index contributed by atoms with van der Waals surface area (Å²) in [5.41, 5.74) is 3.06. The first-order valence-electron chi connectivity index (χ1n) is 15.7. The van der Waals surface area contributed by atoms with E-state index >= 15 is 0 Å². The number of nitrogens with one attached hydrogen (secondary N) is 1. The van der Waals surface area contributed by atoms with Gasteiger partial charge in [0, 0.05) is 37.0 Å². The Bertz CT molecular complexity index is 1720. The number of halogens is 2. The monoisotopic (exact) mass is 648 g/mol. The van der Waals surface area contributed by atoms with E-state index < -0.39 is 12.2 Å². The Morgan fingerprint density at radius 1 is 1.13 bits per heavy atom. The van der Waals surface area contributed by atoms with Crippen LogP contribution >= 0.6 is 11.8 Å². The van der Waals surface area contributed by atoms with Crippen LogP contribution in [0.3, 0.4) is 0 Å². The molecule has 4 aromatic rings. The predicted octanol–water partition coefficient (Wildman–Crippen LogP) is 5.84. The van der Waals surface area contributed by atoms with Gasteiger partial charge in [0.1, 0.15) is 17.8 Å². The van der Waals surface area contributed by atoms with Crippen molar-refractivity contribution in [2.24, 2.45) is 0 Å². The first-order valence-corrected chi connectivity index (χ1v) is 16.9. The lowest BCUT2D eigenvalue weighted by Crippen LogP contribution is -2.37. The summed E-state index contributed by atoms with van der Waals surface area (Å²) in [6, 6.07) is 15.2. The van der Waals surface area contributed by atoms with Crippen molar-refractivity contribution in [1.82, 2.24) is 24.8 Å². The van der Waals surface area contributed by atoms with Crippen molar-refractivity contribution in [2.45, 2.75) is 62.3 Å². The quantitative estimate of drug-likeness (QED) is 0.123. The number of benzene rings is 2. The van der Waals surface area contributed by atoms with Gasteiger partial charge in [0.05, 0.1) is 31.0 Å². The second-order valence-electron chi connectivity index (χ2n) is 11.9. The fourth-order valence-electron chi connectivity index (χ4n) is 6.27. The van der Waals surface area contributed by atoms with E-state index in [9.17, 15) is 18.4 Å². The summed E-state index contributed by atoms with van der Waals surface area (Å²) < 4.78 is 35.9. The van der Waals surface area contributed by atoms with Gasteiger partial charge in [0.2, 0.25) is 0 Å². The normalized spacial score (nSPS) is 20.0. The van der Waals surface area contributed by atoms with Gasteiger partial charge < -0.3 is 15.0 Å². The summed E-state index contributed by atoms with van der Waals surface area (Å²) in [5.74, 6) is -0.481. The largest absolute Gasteiger partial charge is 0.462 e. The van der Waals surface area contributed by atoms with Gasteiger partial charge in [-0.25, -0.2) is 23.1 Å². The standard InChI is InChI=1S/C34H38F2N6O3S/c1-3-4-14-45-34(44)23-7-5-6-22(15-23)19-40-13-12-26(21-40)38-33(43)29-18-37-31-10-11-32(39-42(29)31)41-20-25(36)17-28(41)27-16-24(35)8-9-30(27)46-2/h5-11,15-16,18,25-26,28H,3-4,12-14,17,19-21H2,1-2H3,(H,38,43). The van der Waals surface area contributed by atoms with E-state index in [1.165, 1.54) is 34.6 Å². The smallest absolute Gasteiger partial charge is 0.338 e. The summed E-state index contributed by atoms with van der Waals surface area (Å²) in [6.07, 6.45) is 5.12. The van der Waals surface area contributed by atoms with Crippen molar-refractivity contribution in [3.63, 3.8) is 0 Å². The molecule has 2 aliphatic rings. The number of rotatable bonds is 11. The minimum atomic E-state index is -1.10. The molecule has 0 radical (unpaired) electrons. The molecule has 2 aromatic heterocycles. The molecule has 242 valence electrons. The number of unbranched alkanes of at least 4 members (excludes halogenated alkanes) is 1. The van der Waals surface area contributed by atoms with Crippen LogP contribution in [0.5, 0.6) is 0 Å². The van der Waals surface area contributed by atoms with Crippen LogP contribution in [0.15, 0.2) is 65.7 Å². The number of carbonyl (C=O) groups excluding carboxylic acids is 2. The highest BCUT2D eigenvalue weighted by Crippen LogP contribution is 2.40. The molecule has 2 aliphatic heterocycles. The lowest BCUT2D eigenvalue weighted by Gasteiger charge is -2.27. The number of hydrogen-bond acceptors (Lipinski definition) is 8. The van der Waals surface area contributed by atoms with Crippen LogP contribution < -0.4 is 10.2 Å². The van der Waals surface area contributed by atoms with Crippen molar-refractivity contribution in [3.05, 3.63) is 89.0 Å². The average molecular weight is 649 g/mol. The molecule has 46 heavy (non-hydrogen) atoms. The Balaban J connectivity index is 1.12. The third-order valence-corrected chi connectivity index (χ3v) is 9.40. The second kappa shape index (κ2) is 14.2. The number of carbonyl (C=O) groups is 2. The van der Waals surface area contributed by atoms with Gasteiger partial charge in [0.15, 0.2) is 11.3 Å². The maximum atomic E-state index is 14.8. The zero-order chi connectivity index (χ0) is 32.2. The molecule has 0 spiro atoms. The van der Waals surface area contributed by atoms with Gasteiger partial charge in [0.25, 0.3) is 5.91 Å². The number of hydrogen-bond donors (Lipinski definition) is 1. The summed E-state index contributed by atoms with van der Waals surface area (Å²) in [5, 5.41) is 7.85. The SMILES string of the molecule is CCCCOC(=O)c1cccc(CN2CCC(NC(=O)c3cnc4ccc(N5CC(F)CC5c5cc(F)ccc5SC)nn34)C2)c1. The first kappa shape index (κ1) is 31.9. The van der Waals surface area contributed by atoms with Crippen LogP contribution in [-0.4, -0.2) is 76.1 Å². The van der Waals surface area contributed by atoms with E-state index in [4.69, 9.17) is 9.84 Å². The molecule has 0 bridgehead atoms. The Kier molecular flexibility index (Phi) is 9.83. The highest BCUT2D eigenvalue weighted by molar-refractivity contribution is 7.98. The molecule has 1 amide bonds. The molecule has 6 rings (SSSR count). The number of thioether (sulfide) groups is 1. The number of amides is 1. The third-order valence-electron chi connectivity index (χ3n) is 8.58. The van der Waals surface area contributed by atoms with E-state index in [1.54, 1.807) is 24.3 Å². The number of imidazole rings is 1. The number of anilines is 1. The molecule has 0 saturated carbocycles. The Morgan fingerprint density at radius 2 is 2.00 bits per heavy atom. The predicted molar refractivity (Wildman–Crippen MR) is 174 cm³/mol. The van der Waals surface area contributed by atoms with Gasteiger partial charge >= 0.3 is 5.97 Å². The van der Waals surface area contributed by atoms with Gasteiger partial charge in [-0.2, -0.15) is 0 Å².